The van der Waals surface area contributed by atoms with Gasteiger partial charge in [0.1, 0.15) is 5.82 Å². The highest BCUT2D eigenvalue weighted by Crippen LogP contribution is 2.27. The number of nitrogens with zero attached hydrogens (tertiary/aromatic N) is 2. The van der Waals surface area contributed by atoms with Crippen molar-refractivity contribution in [2.24, 2.45) is 0 Å². The predicted molar refractivity (Wildman–Crippen MR) is 117 cm³/mol. The second-order valence-electron chi connectivity index (χ2n) is 6.90. The lowest BCUT2D eigenvalue weighted by atomic mass is 10.2. The molecule has 1 N–H and O–H groups in total. The van der Waals surface area contributed by atoms with Gasteiger partial charge in [-0.25, -0.2) is 13.4 Å². The molecule has 0 saturated heterocycles. The molecule has 0 atom stereocenters. The van der Waals surface area contributed by atoms with Crippen molar-refractivity contribution in [3.63, 3.8) is 0 Å². The van der Waals surface area contributed by atoms with Gasteiger partial charge in [0.25, 0.3) is 10.0 Å². The van der Waals surface area contributed by atoms with E-state index in [1.165, 1.54) is 0 Å². The van der Waals surface area contributed by atoms with Crippen LogP contribution in [0.1, 0.15) is 17.0 Å². The van der Waals surface area contributed by atoms with Gasteiger partial charge in [-0.05, 0) is 55.3 Å². The molecule has 0 aliphatic rings. The first kappa shape index (κ1) is 19.5. The largest absolute Gasteiger partial charge is 0.324 e. The summed E-state index contributed by atoms with van der Waals surface area (Å²) < 4.78 is 30.5. The molecule has 5 nitrogen and oxygen atoms in total. The molecular formula is C22H20ClN3O2S. The van der Waals surface area contributed by atoms with Crippen molar-refractivity contribution in [2.45, 2.75) is 25.3 Å². The number of anilines is 1. The van der Waals surface area contributed by atoms with E-state index < -0.39 is 10.0 Å². The Morgan fingerprint density at radius 2 is 1.76 bits per heavy atom. The predicted octanol–water partition coefficient (Wildman–Crippen LogP) is 5.16. The van der Waals surface area contributed by atoms with Gasteiger partial charge in [0, 0.05) is 11.6 Å². The summed E-state index contributed by atoms with van der Waals surface area (Å²) in [5.41, 5.74) is 3.84. The summed E-state index contributed by atoms with van der Waals surface area (Å²) in [6, 6.07) is 20.3. The normalized spacial score (nSPS) is 11.7. The van der Waals surface area contributed by atoms with Crippen LogP contribution in [0, 0.1) is 13.8 Å². The zero-order chi connectivity index (χ0) is 20.6. The SMILES string of the molecule is Cc1c(Cl)cccc1S(=O)(=O)Nc1ccc2nc(C)n(Cc3ccccc3)c2c1. The maximum atomic E-state index is 12.9. The number of hydrogen-bond acceptors (Lipinski definition) is 3. The molecule has 0 saturated carbocycles. The van der Waals surface area contributed by atoms with Crippen LogP contribution in [0.4, 0.5) is 5.69 Å². The van der Waals surface area contributed by atoms with Crippen LogP contribution >= 0.6 is 11.6 Å². The van der Waals surface area contributed by atoms with Crippen LogP contribution in [0.5, 0.6) is 0 Å². The highest BCUT2D eigenvalue weighted by Gasteiger charge is 2.19. The van der Waals surface area contributed by atoms with Crippen LogP contribution in [0.3, 0.4) is 0 Å². The summed E-state index contributed by atoms with van der Waals surface area (Å²) in [5, 5.41) is 0.417. The van der Waals surface area contributed by atoms with Gasteiger partial charge in [-0.1, -0.05) is 48.0 Å². The Kier molecular flexibility index (Phi) is 5.06. The Morgan fingerprint density at radius 3 is 2.52 bits per heavy atom. The van der Waals surface area contributed by atoms with Crippen molar-refractivity contribution in [1.82, 2.24) is 9.55 Å². The molecule has 0 aliphatic heterocycles. The highest BCUT2D eigenvalue weighted by molar-refractivity contribution is 7.92. The third kappa shape index (κ3) is 3.86. The van der Waals surface area contributed by atoms with E-state index >= 15 is 0 Å². The minimum absolute atomic E-state index is 0.166. The van der Waals surface area contributed by atoms with E-state index in [1.54, 1.807) is 31.2 Å². The molecule has 7 heteroatoms. The molecule has 0 aliphatic carbocycles. The quantitative estimate of drug-likeness (QED) is 0.480. The van der Waals surface area contributed by atoms with Gasteiger partial charge in [-0.2, -0.15) is 0 Å². The van der Waals surface area contributed by atoms with E-state index in [9.17, 15) is 8.42 Å². The topological polar surface area (TPSA) is 64.0 Å². The maximum Gasteiger partial charge on any atom is 0.262 e. The molecule has 0 fully saturated rings. The first-order valence-electron chi connectivity index (χ1n) is 9.14. The number of rotatable bonds is 5. The number of aryl methyl sites for hydroxylation is 1. The number of sulfonamides is 1. The van der Waals surface area contributed by atoms with E-state index in [0.717, 1.165) is 22.4 Å². The fraction of sp³-hybridized carbons (Fsp3) is 0.136. The van der Waals surface area contributed by atoms with E-state index in [4.69, 9.17) is 11.6 Å². The first-order chi connectivity index (χ1) is 13.8. The molecule has 0 unspecified atom stereocenters. The second kappa shape index (κ2) is 7.54. The van der Waals surface area contributed by atoms with E-state index in [2.05, 4.69) is 26.4 Å². The van der Waals surface area contributed by atoms with Crippen LogP contribution in [0.25, 0.3) is 11.0 Å². The molecular weight excluding hydrogens is 406 g/mol. The van der Waals surface area contributed by atoms with E-state index in [0.29, 0.717) is 22.8 Å². The maximum absolute atomic E-state index is 12.9. The molecule has 29 heavy (non-hydrogen) atoms. The summed E-state index contributed by atoms with van der Waals surface area (Å²) in [6.45, 7) is 4.30. The van der Waals surface area contributed by atoms with Gasteiger partial charge < -0.3 is 4.57 Å². The molecule has 0 spiro atoms. The van der Waals surface area contributed by atoms with Crippen molar-refractivity contribution in [3.05, 3.63) is 88.7 Å². The number of benzene rings is 3. The van der Waals surface area contributed by atoms with Gasteiger partial charge >= 0.3 is 0 Å². The number of aromatic nitrogens is 2. The average Bonchev–Trinajstić information content (AvgIpc) is 2.99. The summed E-state index contributed by atoms with van der Waals surface area (Å²) in [5.74, 6) is 0.870. The molecule has 4 rings (SSSR count). The summed E-state index contributed by atoms with van der Waals surface area (Å²) in [4.78, 5) is 4.76. The van der Waals surface area contributed by atoms with Gasteiger partial charge in [0.2, 0.25) is 0 Å². The number of imidazole rings is 1. The number of halogens is 1. The fourth-order valence-corrected chi connectivity index (χ4v) is 4.91. The van der Waals surface area contributed by atoms with Gasteiger partial charge in [-0.15, -0.1) is 0 Å². The number of hydrogen-bond donors (Lipinski definition) is 1. The van der Waals surface area contributed by atoms with Crippen LogP contribution < -0.4 is 4.72 Å². The molecule has 1 aromatic heterocycles. The smallest absolute Gasteiger partial charge is 0.262 e. The Morgan fingerprint density at radius 1 is 1.00 bits per heavy atom. The highest BCUT2D eigenvalue weighted by atomic mass is 35.5. The number of nitrogens with one attached hydrogen (secondary N) is 1. The first-order valence-corrected chi connectivity index (χ1v) is 11.0. The van der Waals surface area contributed by atoms with Crippen molar-refractivity contribution >= 4 is 38.3 Å². The number of fused-ring (bicyclic) bond motifs is 1. The lowest BCUT2D eigenvalue weighted by Gasteiger charge is -2.12. The minimum Gasteiger partial charge on any atom is -0.324 e. The Hall–Kier alpha value is -2.83. The lowest BCUT2D eigenvalue weighted by molar-refractivity contribution is 0.600. The zero-order valence-electron chi connectivity index (χ0n) is 16.1. The Bertz CT molecular complexity index is 1300. The molecule has 3 aromatic carbocycles. The van der Waals surface area contributed by atoms with Crippen LogP contribution in [0.15, 0.2) is 71.6 Å². The molecule has 148 valence electrons. The molecule has 0 amide bonds. The van der Waals surface area contributed by atoms with Gasteiger partial charge in [0.05, 0.1) is 21.6 Å². The zero-order valence-corrected chi connectivity index (χ0v) is 17.6. The summed E-state index contributed by atoms with van der Waals surface area (Å²) in [6.07, 6.45) is 0. The summed E-state index contributed by atoms with van der Waals surface area (Å²) >= 11 is 6.10. The molecule has 4 aromatic rings. The fourth-order valence-electron chi connectivity index (χ4n) is 3.36. The minimum atomic E-state index is -3.76. The monoisotopic (exact) mass is 425 g/mol. The Balaban J connectivity index is 1.72. The second-order valence-corrected chi connectivity index (χ2v) is 8.96. The molecule has 1 heterocycles. The van der Waals surface area contributed by atoms with Crippen LogP contribution in [-0.4, -0.2) is 18.0 Å². The lowest BCUT2D eigenvalue weighted by Crippen LogP contribution is -2.14. The van der Waals surface area contributed by atoms with Crippen molar-refractivity contribution in [1.29, 1.82) is 0 Å². The van der Waals surface area contributed by atoms with E-state index in [1.807, 2.05) is 37.3 Å². The Labute approximate surface area is 175 Å². The van der Waals surface area contributed by atoms with Crippen molar-refractivity contribution in [3.8, 4) is 0 Å². The van der Waals surface area contributed by atoms with Gasteiger partial charge in [-0.3, -0.25) is 4.72 Å². The van der Waals surface area contributed by atoms with Crippen molar-refractivity contribution in [2.75, 3.05) is 4.72 Å². The van der Waals surface area contributed by atoms with E-state index in [-0.39, 0.29) is 4.90 Å². The molecule has 0 bridgehead atoms. The third-order valence-corrected chi connectivity index (χ3v) is 6.82. The summed E-state index contributed by atoms with van der Waals surface area (Å²) in [7, 11) is -3.76. The molecule has 0 radical (unpaired) electrons. The standard InChI is InChI=1S/C22H20ClN3O2S/c1-15-19(23)9-6-10-22(15)29(27,28)25-18-11-12-20-21(13-18)26(16(2)24-20)14-17-7-4-3-5-8-17/h3-13,25H,14H2,1-2H3. The third-order valence-electron chi connectivity index (χ3n) is 4.88. The van der Waals surface area contributed by atoms with Crippen LogP contribution in [0.2, 0.25) is 5.02 Å². The van der Waals surface area contributed by atoms with Crippen LogP contribution in [-0.2, 0) is 16.6 Å². The van der Waals surface area contributed by atoms with Gasteiger partial charge in [0.15, 0.2) is 0 Å². The average molecular weight is 426 g/mol. The van der Waals surface area contributed by atoms with Crippen molar-refractivity contribution < 1.29 is 8.42 Å².